The molecule has 0 unspecified atom stereocenters. The van der Waals surface area contributed by atoms with E-state index in [1.807, 2.05) is 54.6 Å². The minimum absolute atomic E-state index is 0.191. The van der Waals surface area contributed by atoms with Gasteiger partial charge in [0.1, 0.15) is 0 Å². The molecule has 90 heavy (non-hydrogen) atoms. The van der Waals surface area contributed by atoms with Gasteiger partial charge in [-0.2, -0.15) is 19.9 Å². The fourth-order valence-corrected chi connectivity index (χ4v) is 14.7. The smallest absolute Gasteiger partial charge is 0.238 e. The van der Waals surface area contributed by atoms with Crippen LogP contribution in [0.5, 0.6) is 0 Å². The summed E-state index contributed by atoms with van der Waals surface area (Å²) in [7, 11) is 0. The molecule has 18 rings (SSSR count). The first kappa shape index (κ1) is 51.5. The van der Waals surface area contributed by atoms with Gasteiger partial charge in [-0.25, -0.2) is 9.97 Å². The van der Waals surface area contributed by atoms with E-state index in [2.05, 4.69) is 260 Å². The van der Waals surface area contributed by atoms with Crippen LogP contribution in [0.2, 0.25) is 0 Å². The van der Waals surface area contributed by atoms with Crippen molar-refractivity contribution < 1.29 is 0 Å². The minimum atomic E-state index is -0.732. The Labute approximate surface area is 519 Å². The Balaban J connectivity index is 0.804. The van der Waals surface area contributed by atoms with Gasteiger partial charge in [-0.3, -0.25) is 9.13 Å². The lowest BCUT2D eigenvalue weighted by Crippen LogP contribution is -2.28. The zero-order chi connectivity index (χ0) is 59.7. The predicted molar refractivity (Wildman–Crippen MR) is 364 cm³/mol. The molecule has 4 aromatic heterocycles. The van der Waals surface area contributed by atoms with Crippen molar-refractivity contribution in [2.45, 2.75) is 24.7 Å². The molecule has 0 spiro atoms. The first-order valence-corrected chi connectivity index (χ1v) is 30.7. The van der Waals surface area contributed by atoms with Crippen LogP contribution in [-0.4, -0.2) is 39.0 Å². The number of nitrogens with zero attached hydrogens (tertiary/aromatic N) is 8. The molecular formula is C82H54N8. The third-order valence-corrected chi connectivity index (χ3v) is 18.9. The van der Waals surface area contributed by atoms with Gasteiger partial charge in [-0.15, -0.1) is 0 Å². The second-order valence-corrected chi connectivity index (χ2v) is 24.2. The normalized spacial score (nSPS) is 13.4. The predicted octanol–water partition coefficient (Wildman–Crippen LogP) is 19.3. The Morgan fingerprint density at radius 2 is 0.611 bits per heavy atom. The molecule has 0 amide bonds. The van der Waals surface area contributed by atoms with Crippen LogP contribution in [0.15, 0.2) is 291 Å². The molecule has 16 aromatic rings. The number of para-hydroxylation sites is 2. The molecule has 4 heterocycles. The van der Waals surface area contributed by atoms with E-state index in [4.69, 9.17) is 29.9 Å². The minimum Gasteiger partial charge on any atom is -0.278 e. The number of fused-ring (bicyclic) bond motifs is 12. The largest absolute Gasteiger partial charge is 0.278 e. The number of hydrogen-bond donors (Lipinski definition) is 0. The number of hydrogen-bond acceptors (Lipinski definition) is 6. The van der Waals surface area contributed by atoms with Crippen molar-refractivity contribution in [3.63, 3.8) is 0 Å². The maximum Gasteiger partial charge on any atom is 0.238 e. The fraction of sp³-hybridized carbons (Fsp3) is 0.0488. The van der Waals surface area contributed by atoms with Crippen molar-refractivity contribution in [2.75, 3.05) is 0 Å². The zero-order valence-corrected chi connectivity index (χ0v) is 49.3. The summed E-state index contributed by atoms with van der Waals surface area (Å²) < 4.78 is 4.49. The van der Waals surface area contributed by atoms with Crippen LogP contribution >= 0.6 is 0 Å². The Hall–Kier alpha value is -11.7. The van der Waals surface area contributed by atoms with Crippen molar-refractivity contribution >= 4 is 43.6 Å². The van der Waals surface area contributed by atoms with E-state index in [1.54, 1.807) is 0 Å². The Bertz CT molecular complexity index is 5450. The topological polar surface area (TPSA) is 87.2 Å². The van der Waals surface area contributed by atoms with Crippen LogP contribution < -0.4 is 0 Å². The first-order chi connectivity index (χ1) is 44.4. The molecule has 0 aliphatic heterocycles. The molecule has 2 aliphatic rings. The summed E-state index contributed by atoms with van der Waals surface area (Å²) in [5.74, 6) is 3.53. The molecule has 0 radical (unpaired) electrons. The first-order valence-electron chi connectivity index (χ1n) is 30.7. The van der Waals surface area contributed by atoms with Gasteiger partial charge in [-0.05, 0) is 109 Å². The standard InChI is InChI=1S/C82H54N8/c1-81(2)67-37-21-18-34-59(67)63-47-65-61-35-19-22-38-71(61)89(73(65)49-68(63)81)80-87-77(54-28-12-5-13-29-54)84-78(88-80)55-42-40-51(41-43-55)56-44-45-60-64-48-66-62-36-20-23-39-72(62)90(79-85-75(52-24-8-3-9-25-52)83-76(86-79)53-26-10-4-11-27-53)74(66)50-70(64)82(69(60)46-56,57-30-14-6-15-31-57)58-32-16-7-17-33-58/h3-50H,1-2H3. The van der Waals surface area contributed by atoms with Gasteiger partial charge < -0.3 is 0 Å². The molecule has 0 saturated heterocycles. The summed E-state index contributed by atoms with van der Waals surface area (Å²) in [5, 5.41) is 4.54. The summed E-state index contributed by atoms with van der Waals surface area (Å²) in [4.78, 5) is 31.8. The Kier molecular flexibility index (Phi) is 11.4. The average Bonchev–Trinajstić information content (AvgIpc) is 1.61. The van der Waals surface area contributed by atoms with Gasteiger partial charge in [0, 0.05) is 49.2 Å². The van der Waals surface area contributed by atoms with Crippen LogP contribution in [0.4, 0.5) is 0 Å². The van der Waals surface area contributed by atoms with E-state index in [-0.39, 0.29) is 5.41 Å². The van der Waals surface area contributed by atoms with Crippen LogP contribution in [0.25, 0.3) is 134 Å². The summed E-state index contributed by atoms with van der Waals surface area (Å²) in [5.41, 5.74) is 21.3. The van der Waals surface area contributed by atoms with Gasteiger partial charge in [0.25, 0.3) is 0 Å². The van der Waals surface area contributed by atoms with Gasteiger partial charge in [0.15, 0.2) is 23.3 Å². The van der Waals surface area contributed by atoms with E-state index in [1.165, 1.54) is 55.6 Å². The Morgan fingerprint density at radius 1 is 0.244 bits per heavy atom. The molecule has 0 fully saturated rings. The van der Waals surface area contributed by atoms with Gasteiger partial charge in [0.05, 0.1) is 27.5 Å². The van der Waals surface area contributed by atoms with Crippen molar-refractivity contribution in [3.05, 3.63) is 325 Å². The molecule has 0 bridgehead atoms. The van der Waals surface area contributed by atoms with E-state index < -0.39 is 5.41 Å². The maximum absolute atomic E-state index is 5.43. The van der Waals surface area contributed by atoms with Gasteiger partial charge >= 0.3 is 0 Å². The molecule has 8 nitrogen and oxygen atoms in total. The van der Waals surface area contributed by atoms with E-state index in [9.17, 15) is 0 Å². The highest BCUT2D eigenvalue weighted by molar-refractivity contribution is 6.13. The van der Waals surface area contributed by atoms with Gasteiger partial charge in [-0.1, -0.05) is 263 Å². The quantitative estimate of drug-likeness (QED) is 0.143. The highest BCUT2D eigenvalue weighted by atomic mass is 15.2. The molecule has 422 valence electrons. The van der Waals surface area contributed by atoms with E-state index in [0.29, 0.717) is 35.2 Å². The maximum atomic E-state index is 5.43. The molecule has 8 heteroatoms. The number of benzene rings is 12. The van der Waals surface area contributed by atoms with E-state index in [0.717, 1.165) is 77.0 Å². The van der Waals surface area contributed by atoms with Crippen LogP contribution in [0, 0.1) is 0 Å². The van der Waals surface area contributed by atoms with Crippen LogP contribution in [-0.2, 0) is 10.8 Å². The number of rotatable bonds is 9. The van der Waals surface area contributed by atoms with Crippen molar-refractivity contribution in [3.8, 4) is 90.8 Å². The summed E-state index contributed by atoms with van der Waals surface area (Å²) in [6.07, 6.45) is 0. The van der Waals surface area contributed by atoms with Gasteiger partial charge in [0.2, 0.25) is 11.9 Å². The second-order valence-electron chi connectivity index (χ2n) is 24.2. The highest BCUT2D eigenvalue weighted by Crippen LogP contribution is 2.58. The summed E-state index contributed by atoms with van der Waals surface area (Å²) >= 11 is 0. The summed E-state index contributed by atoms with van der Waals surface area (Å²) in [6, 6.07) is 104. The zero-order valence-electron chi connectivity index (χ0n) is 49.3. The fourth-order valence-electron chi connectivity index (χ4n) is 14.7. The molecular weight excluding hydrogens is 1100 g/mol. The molecule has 0 atom stereocenters. The Morgan fingerprint density at radius 3 is 1.11 bits per heavy atom. The van der Waals surface area contributed by atoms with Crippen LogP contribution in [0.1, 0.15) is 47.2 Å². The second kappa shape index (κ2) is 19.9. The van der Waals surface area contributed by atoms with Crippen molar-refractivity contribution in [2.24, 2.45) is 0 Å². The average molecular weight is 1150 g/mol. The third-order valence-electron chi connectivity index (χ3n) is 18.9. The molecule has 0 saturated carbocycles. The molecule has 2 aliphatic carbocycles. The van der Waals surface area contributed by atoms with Crippen molar-refractivity contribution in [1.29, 1.82) is 0 Å². The van der Waals surface area contributed by atoms with E-state index >= 15 is 0 Å². The van der Waals surface area contributed by atoms with Crippen LogP contribution in [0.3, 0.4) is 0 Å². The summed E-state index contributed by atoms with van der Waals surface area (Å²) in [6.45, 7) is 4.67. The molecule has 12 aromatic carbocycles. The third kappa shape index (κ3) is 7.74. The SMILES string of the molecule is CC1(C)c2ccccc2-c2cc3c4ccccc4n(-c4nc(-c5ccccc5)nc(-c5ccc(-c6ccc7c(c6)C(c6ccccc6)(c6ccccc6)c6cc8c(cc6-7)c6ccccc6n8-c6nc(-c7ccccc7)nc(-c7ccccc7)n6)cc5)n4)c3cc21. The monoisotopic (exact) mass is 1150 g/mol. The lowest BCUT2D eigenvalue weighted by Gasteiger charge is -2.34. The number of aromatic nitrogens is 8. The lowest BCUT2D eigenvalue weighted by atomic mass is 9.67. The highest BCUT2D eigenvalue weighted by Gasteiger charge is 2.47. The van der Waals surface area contributed by atoms with Crippen molar-refractivity contribution in [1.82, 2.24) is 39.0 Å². The molecule has 0 N–H and O–H groups in total. The lowest BCUT2D eigenvalue weighted by molar-refractivity contribution is 0.661.